The monoisotopic (exact) mass is 238 g/mol. The summed E-state index contributed by atoms with van der Waals surface area (Å²) in [4.78, 5) is 23.3. The number of hydrogen-bond acceptors (Lipinski definition) is 6. The minimum Gasteiger partial charge on any atom is -0.469 e. The van der Waals surface area contributed by atoms with Crippen LogP contribution in [0, 0.1) is 0 Å². The highest BCUT2D eigenvalue weighted by Crippen LogP contribution is 2.12. The van der Waals surface area contributed by atoms with E-state index >= 15 is 0 Å². The molecule has 94 valence electrons. The average Bonchev–Trinajstić information content (AvgIpc) is 2.35. The highest BCUT2D eigenvalue weighted by molar-refractivity contribution is 5.69. The third kappa shape index (κ3) is 3.90. The molecule has 1 aromatic rings. The molecule has 1 rings (SSSR count). The molecule has 6 heteroatoms. The second-order valence-corrected chi connectivity index (χ2v) is 3.86. The van der Waals surface area contributed by atoms with Gasteiger partial charge in [-0.05, 0) is 6.07 Å². The van der Waals surface area contributed by atoms with Gasteiger partial charge in [0.2, 0.25) is 5.95 Å². The fraction of sp³-hybridized carbons (Fsp3) is 0.545. The molecule has 0 aliphatic carbocycles. The second-order valence-electron chi connectivity index (χ2n) is 3.86. The van der Waals surface area contributed by atoms with Crippen LogP contribution in [-0.2, 0) is 9.53 Å². The Bertz CT molecular complexity index is 381. The number of anilines is 2. The van der Waals surface area contributed by atoms with E-state index < -0.39 is 0 Å². The van der Waals surface area contributed by atoms with Crippen LogP contribution >= 0.6 is 0 Å². The van der Waals surface area contributed by atoms with Crippen LogP contribution in [0.5, 0.6) is 0 Å². The van der Waals surface area contributed by atoms with Crippen LogP contribution in [0.25, 0.3) is 0 Å². The summed E-state index contributed by atoms with van der Waals surface area (Å²) < 4.78 is 4.59. The number of esters is 1. The summed E-state index contributed by atoms with van der Waals surface area (Å²) in [7, 11) is 7.03. The third-order valence-corrected chi connectivity index (χ3v) is 2.30. The van der Waals surface area contributed by atoms with Gasteiger partial charge >= 0.3 is 5.97 Å². The lowest BCUT2D eigenvalue weighted by Gasteiger charge is -2.19. The number of hydrogen-bond donors (Lipinski definition) is 0. The van der Waals surface area contributed by atoms with E-state index in [1.54, 1.807) is 6.20 Å². The van der Waals surface area contributed by atoms with Crippen molar-refractivity contribution in [1.82, 2.24) is 9.97 Å². The van der Waals surface area contributed by atoms with Crippen molar-refractivity contribution >= 4 is 17.7 Å². The maximum Gasteiger partial charge on any atom is 0.307 e. The van der Waals surface area contributed by atoms with Gasteiger partial charge in [-0.3, -0.25) is 4.79 Å². The lowest BCUT2D eigenvalue weighted by molar-refractivity contribution is -0.140. The first-order valence-corrected chi connectivity index (χ1v) is 5.33. The van der Waals surface area contributed by atoms with Crippen LogP contribution in [0.15, 0.2) is 12.3 Å². The molecular formula is C11H18N4O2. The Hall–Kier alpha value is -1.85. The maximum absolute atomic E-state index is 11.0. The Balaban J connectivity index is 2.65. The van der Waals surface area contributed by atoms with Crippen molar-refractivity contribution in [3.8, 4) is 0 Å². The Labute approximate surface area is 101 Å². The quantitative estimate of drug-likeness (QED) is 0.698. The van der Waals surface area contributed by atoms with Crippen LogP contribution in [0.4, 0.5) is 11.8 Å². The topological polar surface area (TPSA) is 58.6 Å². The fourth-order valence-corrected chi connectivity index (χ4v) is 1.24. The number of nitrogens with zero attached hydrogens (tertiary/aromatic N) is 4. The van der Waals surface area contributed by atoms with Gasteiger partial charge in [0.1, 0.15) is 5.82 Å². The smallest absolute Gasteiger partial charge is 0.307 e. The van der Waals surface area contributed by atoms with Crippen LogP contribution in [0.3, 0.4) is 0 Å². The molecule has 0 aromatic carbocycles. The van der Waals surface area contributed by atoms with E-state index in [1.807, 2.05) is 37.0 Å². The van der Waals surface area contributed by atoms with Gasteiger partial charge in [0.05, 0.1) is 13.5 Å². The lowest BCUT2D eigenvalue weighted by Crippen LogP contribution is -2.23. The predicted octanol–water partition coefficient (Wildman–Crippen LogP) is 0.542. The molecular weight excluding hydrogens is 220 g/mol. The number of ether oxygens (including phenoxy) is 1. The molecule has 0 saturated heterocycles. The van der Waals surface area contributed by atoms with Crippen LogP contribution in [0.2, 0.25) is 0 Å². The number of carbonyl (C=O) groups is 1. The Morgan fingerprint density at radius 1 is 1.41 bits per heavy atom. The number of rotatable bonds is 5. The lowest BCUT2D eigenvalue weighted by atomic mass is 10.4. The molecule has 0 fully saturated rings. The standard InChI is InChI=1S/C11H18N4O2/c1-14(2)11-12-7-5-9(13-11)15(3)8-6-10(16)17-4/h5,7H,6,8H2,1-4H3. The fourth-order valence-electron chi connectivity index (χ4n) is 1.24. The third-order valence-electron chi connectivity index (χ3n) is 2.30. The van der Waals surface area contributed by atoms with Gasteiger partial charge < -0.3 is 14.5 Å². The summed E-state index contributed by atoms with van der Waals surface area (Å²) in [6.45, 7) is 0.566. The van der Waals surface area contributed by atoms with Gasteiger partial charge in [-0.2, -0.15) is 4.98 Å². The number of aromatic nitrogens is 2. The molecule has 0 saturated carbocycles. The summed E-state index contributed by atoms with van der Waals surface area (Å²) in [6.07, 6.45) is 2.04. The number of methoxy groups -OCH3 is 1. The molecule has 0 unspecified atom stereocenters. The van der Waals surface area contributed by atoms with E-state index in [-0.39, 0.29) is 5.97 Å². The van der Waals surface area contributed by atoms with E-state index in [0.29, 0.717) is 18.9 Å². The molecule has 0 aliphatic rings. The highest BCUT2D eigenvalue weighted by Gasteiger charge is 2.08. The van der Waals surface area contributed by atoms with Crippen molar-refractivity contribution in [3.63, 3.8) is 0 Å². The SMILES string of the molecule is COC(=O)CCN(C)c1ccnc(N(C)C)n1. The summed E-state index contributed by atoms with van der Waals surface area (Å²) in [5.74, 6) is 1.21. The van der Waals surface area contributed by atoms with Crippen molar-refractivity contribution in [2.45, 2.75) is 6.42 Å². The molecule has 0 spiro atoms. The van der Waals surface area contributed by atoms with Gasteiger partial charge in [-0.1, -0.05) is 0 Å². The second kappa shape index (κ2) is 6.03. The largest absolute Gasteiger partial charge is 0.469 e. The Morgan fingerprint density at radius 2 is 2.12 bits per heavy atom. The van der Waals surface area contributed by atoms with Crippen molar-refractivity contribution in [2.24, 2.45) is 0 Å². The molecule has 0 N–H and O–H groups in total. The zero-order chi connectivity index (χ0) is 12.8. The first kappa shape index (κ1) is 13.2. The molecule has 0 bridgehead atoms. The van der Waals surface area contributed by atoms with E-state index in [2.05, 4.69) is 14.7 Å². The predicted molar refractivity (Wildman–Crippen MR) is 66.3 cm³/mol. The molecule has 1 aromatic heterocycles. The average molecular weight is 238 g/mol. The van der Waals surface area contributed by atoms with Gasteiger partial charge in [-0.25, -0.2) is 4.98 Å². The molecule has 17 heavy (non-hydrogen) atoms. The zero-order valence-electron chi connectivity index (χ0n) is 10.7. The minimum atomic E-state index is -0.223. The number of carbonyl (C=O) groups excluding carboxylic acids is 1. The Morgan fingerprint density at radius 3 is 2.71 bits per heavy atom. The normalized spacial score (nSPS) is 9.88. The summed E-state index contributed by atoms with van der Waals surface area (Å²) >= 11 is 0. The maximum atomic E-state index is 11.0. The van der Waals surface area contributed by atoms with Gasteiger partial charge in [0, 0.05) is 33.9 Å². The van der Waals surface area contributed by atoms with Gasteiger partial charge in [-0.15, -0.1) is 0 Å². The summed E-state index contributed by atoms with van der Waals surface area (Å²) in [6, 6.07) is 1.81. The summed E-state index contributed by atoms with van der Waals surface area (Å²) in [5.41, 5.74) is 0. The Kier molecular flexibility index (Phi) is 4.68. The first-order valence-electron chi connectivity index (χ1n) is 5.33. The molecule has 0 aliphatic heterocycles. The van der Waals surface area contributed by atoms with E-state index in [1.165, 1.54) is 7.11 Å². The van der Waals surface area contributed by atoms with Crippen LogP contribution in [0.1, 0.15) is 6.42 Å². The van der Waals surface area contributed by atoms with E-state index in [4.69, 9.17) is 0 Å². The summed E-state index contributed by atoms with van der Waals surface area (Å²) in [5, 5.41) is 0. The molecule has 1 heterocycles. The first-order chi connectivity index (χ1) is 8.04. The van der Waals surface area contributed by atoms with Gasteiger partial charge in [0.25, 0.3) is 0 Å². The van der Waals surface area contributed by atoms with Crippen LogP contribution in [-0.4, -0.2) is 50.7 Å². The minimum absolute atomic E-state index is 0.223. The van der Waals surface area contributed by atoms with Gasteiger partial charge in [0.15, 0.2) is 0 Å². The molecule has 0 radical (unpaired) electrons. The van der Waals surface area contributed by atoms with Crippen molar-refractivity contribution in [3.05, 3.63) is 12.3 Å². The molecule has 0 atom stereocenters. The van der Waals surface area contributed by atoms with E-state index in [0.717, 1.165) is 5.82 Å². The molecule has 6 nitrogen and oxygen atoms in total. The zero-order valence-corrected chi connectivity index (χ0v) is 10.7. The molecule has 0 amide bonds. The highest BCUT2D eigenvalue weighted by atomic mass is 16.5. The van der Waals surface area contributed by atoms with Crippen molar-refractivity contribution < 1.29 is 9.53 Å². The van der Waals surface area contributed by atoms with Crippen LogP contribution < -0.4 is 9.80 Å². The van der Waals surface area contributed by atoms with Crippen molar-refractivity contribution in [1.29, 1.82) is 0 Å². The van der Waals surface area contributed by atoms with Crippen molar-refractivity contribution in [2.75, 3.05) is 44.6 Å². The van der Waals surface area contributed by atoms with E-state index in [9.17, 15) is 4.79 Å².